The van der Waals surface area contributed by atoms with Gasteiger partial charge < -0.3 is 0 Å². The van der Waals surface area contributed by atoms with Gasteiger partial charge >= 0.3 is 0 Å². The molecule has 0 aromatic carbocycles. The molecular weight excluding hydrogens is 362 g/mol. The van der Waals surface area contributed by atoms with Crippen molar-refractivity contribution < 1.29 is 0 Å². The van der Waals surface area contributed by atoms with Gasteiger partial charge in [-0.25, -0.2) is 0 Å². The monoisotopic (exact) mass is 415 g/mol. The quantitative estimate of drug-likeness (QED) is 0.244. The number of unbranched alkanes of at least 4 members (excludes halogenated alkanes) is 10. The largest absolute Gasteiger partial charge is 0.198 e. The molecule has 0 aromatic rings. The molecule has 0 atom stereocenters. The molecule has 0 spiro atoms. The van der Waals surface area contributed by atoms with Crippen molar-refractivity contribution in [3.05, 3.63) is 0 Å². The summed E-state index contributed by atoms with van der Waals surface area (Å²) in [7, 11) is 0. The first-order valence-electron chi connectivity index (χ1n) is 14.1. The van der Waals surface area contributed by atoms with Crippen LogP contribution in [0.2, 0.25) is 0 Å². The maximum atomic E-state index is 9.89. The Morgan fingerprint density at radius 1 is 0.633 bits per heavy atom. The zero-order valence-corrected chi connectivity index (χ0v) is 20.7. The summed E-state index contributed by atoms with van der Waals surface area (Å²) in [6, 6.07) is 2.78. The lowest BCUT2D eigenvalue weighted by atomic mass is 9.63. The van der Waals surface area contributed by atoms with E-state index in [-0.39, 0.29) is 5.41 Å². The molecule has 2 fully saturated rings. The summed E-state index contributed by atoms with van der Waals surface area (Å²) >= 11 is 0. The minimum Gasteiger partial charge on any atom is -0.198 e. The van der Waals surface area contributed by atoms with Gasteiger partial charge in [-0.3, -0.25) is 0 Å². The Balaban J connectivity index is 1.57. The topological polar surface area (TPSA) is 23.8 Å². The number of hydrogen-bond acceptors (Lipinski definition) is 1. The van der Waals surface area contributed by atoms with Crippen molar-refractivity contribution in [3.63, 3.8) is 0 Å². The van der Waals surface area contributed by atoms with Crippen LogP contribution >= 0.6 is 0 Å². The van der Waals surface area contributed by atoms with Crippen LogP contribution in [0.25, 0.3) is 0 Å². The van der Waals surface area contributed by atoms with Gasteiger partial charge in [0.1, 0.15) is 0 Å². The molecule has 2 aliphatic carbocycles. The van der Waals surface area contributed by atoms with Crippen molar-refractivity contribution in [2.75, 3.05) is 0 Å². The van der Waals surface area contributed by atoms with Crippen molar-refractivity contribution in [1.82, 2.24) is 0 Å². The zero-order chi connectivity index (χ0) is 21.5. The number of hydrogen-bond donors (Lipinski definition) is 0. The molecule has 174 valence electrons. The highest BCUT2D eigenvalue weighted by molar-refractivity contribution is 5.02. The molecule has 2 saturated carbocycles. The maximum absolute atomic E-state index is 9.89. The second kappa shape index (κ2) is 15.3. The summed E-state index contributed by atoms with van der Waals surface area (Å²) in [5.41, 5.74) is 0.0387. The van der Waals surface area contributed by atoms with Gasteiger partial charge in [0.25, 0.3) is 0 Å². The van der Waals surface area contributed by atoms with Crippen LogP contribution in [0, 0.1) is 34.5 Å². The van der Waals surface area contributed by atoms with Crippen molar-refractivity contribution >= 4 is 0 Å². The molecule has 0 unspecified atom stereocenters. The molecule has 0 saturated heterocycles. The van der Waals surface area contributed by atoms with Crippen LogP contribution in [0.1, 0.15) is 155 Å². The SMILES string of the molecule is CCCCCCCCCC1CCC([C@H]2CC[C@](C#N)(CCCCCCC)CC2)CC1. The second-order valence-electron chi connectivity index (χ2n) is 11.1. The van der Waals surface area contributed by atoms with Crippen LogP contribution in [-0.2, 0) is 0 Å². The second-order valence-corrected chi connectivity index (χ2v) is 11.1. The Bertz CT molecular complexity index is 445. The van der Waals surface area contributed by atoms with E-state index < -0.39 is 0 Å². The molecule has 1 heteroatoms. The van der Waals surface area contributed by atoms with Gasteiger partial charge in [-0.05, 0) is 62.7 Å². The summed E-state index contributed by atoms with van der Waals surface area (Å²) in [6.45, 7) is 4.58. The van der Waals surface area contributed by atoms with Crippen LogP contribution < -0.4 is 0 Å². The Morgan fingerprint density at radius 2 is 1.13 bits per heavy atom. The third kappa shape index (κ3) is 9.32. The lowest BCUT2D eigenvalue weighted by molar-refractivity contribution is 0.114. The number of rotatable bonds is 15. The van der Waals surface area contributed by atoms with E-state index in [1.165, 1.54) is 141 Å². The molecule has 0 amide bonds. The minimum atomic E-state index is 0.0387. The Morgan fingerprint density at radius 3 is 1.70 bits per heavy atom. The van der Waals surface area contributed by atoms with Gasteiger partial charge in [0.2, 0.25) is 0 Å². The van der Waals surface area contributed by atoms with Crippen molar-refractivity contribution in [1.29, 1.82) is 5.26 Å². The number of nitrogens with zero attached hydrogens (tertiary/aromatic N) is 1. The molecule has 0 aromatic heterocycles. The normalized spacial score (nSPS) is 29.6. The van der Waals surface area contributed by atoms with Gasteiger partial charge in [-0.15, -0.1) is 0 Å². The standard InChI is InChI=1S/C29H53N/c1-3-5-7-9-10-11-13-15-26-16-18-27(19-17-26)28-20-23-29(25-30,24-21-28)22-14-12-8-6-4-2/h26-28H,3-24H2,1-2H3/t26?,27?,28-,29+. The van der Waals surface area contributed by atoms with E-state index in [4.69, 9.17) is 0 Å². The fourth-order valence-corrected chi connectivity index (χ4v) is 6.49. The van der Waals surface area contributed by atoms with Gasteiger partial charge in [0.05, 0.1) is 11.5 Å². The smallest absolute Gasteiger partial charge is 0.0689 e. The molecule has 2 aliphatic rings. The summed E-state index contributed by atoms with van der Waals surface area (Å²) < 4.78 is 0. The molecule has 0 aliphatic heterocycles. The van der Waals surface area contributed by atoms with E-state index in [0.717, 1.165) is 17.8 Å². The van der Waals surface area contributed by atoms with E-state index in [1.807, 2.05) is 0 Å². The Kier molecular flexibility index (Phi) is 13.1. The molecule has 0 bridgehead atoms. The van der Waals surface area contributed by atoms with Gasteiger partial charge in [-0.1, -0.05) is 110 Å². The number of nitriles is 1. The molecule has 0 heterocycles. The fourth-order valence-electron chi connectivity index (χ4n) is 6.49. The van der Waals surface area contributed by atoms with E-state index in [2.05, 4.69) is 19.9 Å². The molecule has 1 nitrogen and oxygen atoms in total. The van der Waals surface area contributed by atoms with E-state index in [0.29, 0.717) is 0 Å². The fraction of sp³-hybridized carbons (Fsp3) is 0.966. The van der Waals surface area contributed by atoms with Gasteiger partial charge in [0.15, 0.2) is 0 Å². The molecule has 0 N–H and O–H groups in total. The van der Waals surface area contributed by atoms with Crippen LogP contribution in [-0.4, -0.2) is 0 Å². The first-order chi connectivity index (χ1) is 14.7. The highest BCUT2D eigenvalue weighted by Gasteiger charge is 2.38. The van der Waals surface area contributed by atoms with Crippen molar-refractivity contribution in [2.24, 2.45) is 23.2 Å². The van der Waals surface area contributed by atoms with Gasteiger partial charge in [-0.2, -0.15) is 5.26 Å². The summed E-state index contributed by atoms with van der Waals surface area (Å²) in [5, 5.41) is 9.89. The third-order valence-electron chi connectivity index (χ3n) is 8.76. The predicted octanol–water partition coefficient (Wildman–Crippen LogP) is 9.99. The van der Waals surface area contributed by atoms with Crippen molar-refractivity contribution in [2.45, 2.75) is 155 Å². The van der Waals surface area contributed by atoms with Crippen LogP contribution in [0.4, 0.5) is 0 Å². The maximum Gasteiger partial charge on any atom is 0.0689 e. The molecular formula is C29H53N. The van der Waals surface area contributed by atoms with Crippen molar-refractivity contribution in [3.8, 4) is 6.07 Å². The Hall–Kier alpha value is -0.510. The highest BCUT2D eigenvalue weighted by Crippen LogP contribution is 2.47. The predicted molar refractivity (Wildman–Crippen MR) is 131 cm³/mol. The molecule has 0 radical (unpaired) electrons. The molecule has 30 heavy (non-hydrogen) atoms. The van der Waals surface area contributed by atoms with Crippen LogP contribution in [0.5, 0.6) is 0 Å². The summed E-state index contributed by atoms with van der Waals surface area (Å²) in [5.74, 6) is 2.95. The minimum absolute atomic E-state index is 0.0387. The Labute approximate surface area is 189 Å². The van der Waals surface area contributed by atoms with E-state index in [1.54, 1.807) is 0 Å². The third-order valence-corrected chi connectivity index (χ3v) is 8.76. The highest BCUT2D eigenvalue weighted by atomic mass is 14.4. The average molecular weight is 416 g/mol. The summed E-state index contributed by atoms with van der Waals surface area (Å²) in [4.78, 5) is 0. The van der Waals surface area contributed by atoms with E-state index in [9.17, 15) is 5.26 Å². The van der Waals surface area contributed by atoms with Gasteiger partial charge in [0, 0.05) is 0 Å². The van der Waals surface area contributed by atoms with E-state index >= 15 is 0 Å². The molecule has 2 rings (SSSR count). The lowest BCUT2D eigenvalue weighted by Crippen LogP contribution is -2.31. The first kappa shape index (κ1) is 25.7. The first-order valence-corrected chi connectivity index (χ1v) is 14.1. The summed E-state index contributed by atoms with van der Waals surface area (Å²) in [6.07, 6.45) is 30.5. The van der Waals surface area contributed by atoms with Crippen LogP contribution in [0.15, 0.2) is 0 Å². The average Bonchev–Trinajstić information content (AvgIpc) is 2.79. The van der Waals surface area contributed by atoms with Crippen LogP contribution in [0.3, 0.4) is 0 Å². The lowest BCUT2D eigenvalue weighted by Gasteiger charge is -2.41. The zero-order valence-electron chi connectivity index (χ0n) is 20.7.